The van der Waals surface area contributed by atoms with Crippen molar-refractivity contribution in [3.05, 3.63) is 0 Å². The number of aliphatic hydroxyl groups is 1. The van der Waals surface area contributed by atoms with Crippen molar-refractivity contribution in [2.45, 2.75) is 70.1 Å². The largest absolute Gasteiger partial charge is 0.394 e. The lowest BCUT2D eigenvalue weighted by Gasteiger charge is -2.35. The fourth-order valence-corrected chi connectivity index (χ4v) is 3.12. The second kappa shape index (κ2) is 7.74. The minimum atomic E-state index is -0.0440. The smallest absolute Gasteiger partial charge is 0.0700 e. The van der Waals surface area contributed by atoms with E-state index in [0.29, 0.717) is 12.1 Å². The molecular formula is C16H32N2O2. The molecule has 118 valence electrons. The van der Waals surface area contributed by atoms with Crippen LogP contribution in [-0.2, 0) is 4.74 Å². The molecule has 1 aliphatic carbocycles. The Balaban J connectivity index is 1.71. The number of hydrogen-bond donors (Lipinski definition) is 2. The van der Waals surface area contributed by atoms with Crippen LogP contribution in [0.5, 0.6) is 0 Å². The predicted molar refractivity (Wildman–Crippen MR) is 82.0 cm³/mol. The van der Waals surface area contributed by atoms with Gasteiger partial charge in [-0.3, -0.25) is 4.90 Å². The summed E-state index contributed by atoms with van der Waals surface area (Å²) in [7, 11) is 0. The van der Waals surface area contributed by atoms with Crippen molar-refractivity contribution in [2.75, 3.05) is 32.8 Å². The molecule has 2 fully saturated rings. The van der Waals surface area contributed by atoms with Crippen molar-refractivity contribution in [1.82, 2.24) is 10.2 Å². The van der Waals surface area contributed by atoms with Crippen LogP contribution >= 0.6 is 0 Å². The molecule has 0 radical (unpaired) electrons. The first-order chi connectivity index (χ1) is 9.71. The lowest BCUT2D eigenvalue weighted by Crippen LogP contribution is -2.50. The van der Waals surface area contributed by atoms with E-state index in [-0.39, 0.29) is 12.1 Å². The average molecular weight is 284 g/mol. The zero-order chi connectivity index (χ0) is 14.4. The summed E-state index contributed by atoms with van der Waals surface area (Å²) in [4.78, 5) is 2.52. The molecule has 0 amide bonds. The Morgan fingerprint density at radius 1 is 1.35 bits per heavy atom. The van der Waals surface area contributed by atoms with Crippen molar-refractivity contribution < 1.29 is 9.84 Å². The Hall–Kier alpha value is -0.160. The number of hydrogen-bond acceptors (Lipinski definition) is 4. The van der Waals surface area contributed by atoms with E-state index in [4.69, 9.17) is 4.74 Å². The summed E-state index contributed by atoms with van der Waals surface area (Å²) in [6.07, 6.45) is 7.33. The summed E-state index contributed by atoms with van der Waals surface area (Å²) in [5.41, 5.74) is -0.0440. The number of ether oxygens (including phenoxy) is 1. The predicted octanol–water partition coefficient (Wildman–Crippen LogP) is 1.77. The van der Waals surface area contributed by atoms with Gasteiger partial charge < -0.3 is 15.2 Å². The molecule has 1 heterocycles. The van der Waals surface area contributed by atoms with Crippen LogP contribution in [0, 0.1) is 0 Å². The highest BCUT2D eigenvalue weighted by atomic mass is 16.5. The minimum Gasteiger partial charge on any atom is -0.394 e. The summed E-state index contributed by atoms with van der Waals surface area (Å²) < 4.78 is 5.71. The standard InChI is InChI=1S/C16H32N2O2/c1-3-15-12-18(10-11-20-15)9-5-8-16(4-2,13-19)17-14-6-7-14/h14-15,17,19H,3-13H2,1-2H3. The maximum absolute atomic E-state index is 9.77. The van der Waals surface area contributed by atoms with Crippen molar-refractivity contribution in [1.29, 1.82) is 0 Å². The van der Waals surface area contributed by atoms with Crippen molar-refractivity contribution in [2.24, 2.45) is 0 Å². The third-order valence-corrected chi connectivity index (χ3v) is 4.88. The molecule has 4 heteroatoms. The molecule has 2 aliphatic rings. The van der Waals surface area contributed by atoms with Gasteiger partial charge in [0.15, 0.2) is 0 Å². The minimum absolute atomic E-state index is 0.0440. The van der Waals surface area contributed by atoms with Gasteiger partial charge >= 0.3 is 0 Å². The summed E-state index contributed by atoms with van der Waals surface area (Å²) in [6, 6.07) is 0.662. The van der Waals surface area contributed by atoms with Gasteiger partial charge in [-0.2, -0.15) is 0 Å². The number of morpholine rings is 1. The van der Waals surface area contributed by atoms with Crippen molar-refractivity contribution >= 4 is 0 Å². The van der Waals surface area contributed by atoms with Gasteiger partial charge in [0, 0.05) is 24.7 Å². The van der Waals surface area contributed by atoms with Crippen LogP contribution in [-0.4, -0.2) is 60.5 Å². The van der Waals surface area contributed by atoms with E-state index >= 15 is 0 Å². The van der Waals surface area contributed by atoms with Crippen LogP contribution < -0.4 is 5.32 Å². The molecule has 0 aromatic heterocycles. The maximum atomic E-state index is 9.77. The topological polar surface area (TPSA) is 44.7 Å². The van der Waals surface area contributed by atoms with Crippen LogP contribution in [0.3, 0.4) is 0 Å². The molecule has 2 atom stereocenters. The molecule has 4 nitrogen and oxygen atoms in total. The van der Waals surface area contributed by atoms with Crippen LogP contribution in [0.4, 0.5) is 0 Å². The van der Waals surface area contributed by atoms with E-state index in [1.807, 2.05) is 0 Å². The molecule has 1 saturated carbocycles. The number of aliphatic hydroxyl groups excluding tert-OH is 1. The molecule has 2 rings (SSSR count). The Morgan fingerprint density at radius 2 is 2.15 bits per heavy atom. The summed E-state index contributed by atoms with van der Waals surface area (Å²) in [5, 5.41) is 13.4. The van der Waals surface area contributed by atoms with Gasteiger partial charge in [0.1, 0.15) is 0 Å². The van der Waals surface area contributed by atoms with Gasteiger partial charge in [-0.25, -0.2) is 0 Å². The van der Waals surface area contributed by atoms with Gasteiger partial charge in [-0.05, 0) is 45.1 Å². The molecule has 2 N–H and O–H groups in total. The maximum Gasteiger partial charge on any atom is 0.0700 e. The molecule has 2 unspecified atom stereocenters. The van der Waals surface area contributed by atoms with E-state index < -0.39 is 0 Å². The highest BCUT2D eigenvalue weighted by Gasteiger charge is 2.34. The molecule has 0 aromatic rings. The van der Waals surface area contributed by atoms with E-state index in [1.54, 1.807) is 0 Å². The van der Waals surface area contributed by atoms with Gasteiger partial charge in [0.2, 0.25) is 0 Å². The van der Waals surface area contributed by atoms with Gasteiger partial charge in [0.25, 0.3) is 0 Å². The summed E-state index contributed by atoms with van der Waals surface area (Å²) in [5.74, 6) is 0. The molecule has 0 bridgehead atoms. The third-order valence-electron chi connectivity index (χ3n) is 4.88. The highest BCUT2D eigenvalue weighted by Crippen LogP contribution is 2.27. The van der Waals surface area contributed by atoms with Crippen LogP contribution in [0.15, 0.2) is 0 Å². The molecule has 0 aromatic carbocycles. The van der Waals surface area contributed by atoms with Crippen LogP contribution in [0.2, 0.25) is 0 Å². The zero-order valence-corrected chi connectivity index (χ0v) is 13.2. The Kier molecular flexibility index (Phi) is 6.27. The second-order valence-electron chi connectivity index (χ2n) is 6.52. The van der Waals surface area contributed by atoms with E-state index in [1.165, 1.54) is 12.8 Å². The Morgan fingerprint density at radius 3 is 2.75 bits per heavy atom. The quantitative estimate of drug-likeness (QED) is 0.677. The van der Waals surface area contributed by atoms with Gasteiger partial charge in [0.05, 0.1) is 19.3 Å². The first kappa shape index (κ1) is 16.2. The monoisotopic (exact) mass is 284 g/mol. The summed E-state index contributed by atoms with van der Waals surface area (Å²) in [6.45, 7) is 8.79. The van der Waals surface area contributed by atoms with Crippen molar-refractivity contribution in [3.8, 4) is 0 Å². The highest BCUT2D eigenvalue weighted by molar-refractivity contribution is 4.94. The molecular weight excluding hydrogens is 252 g/mol. The Labute approximate surface area is 123 Å². The number of nitrogens with zero attached hydrogens (tertiary/aromatic N) is 1. The molecule has 1 saturated heterocycles. The average Bonchev–Trinajstić information content (AvgIpc) is 3.30. The van der Waals surface area contributed by atoms with E-state index in [2.05, 4.69) is 24.1 Å². The first-order valence-electron chi connectivity index (χ1n) is 8.44. The first-order valence-corrected chi connectivity index (χ1v) is 8.44. The fourth-order valence-electron chi connectivity index (χ4n) is 3.12. The van der Waals surface area contributed by atoms with Crippen LogP contribution in [0.1, 0.15) is 52.4 Å². The lowest BCUT2D eigenvalue weighted by molar-refractivity contribution is -0.0307. The van der Waals surface area contributed by atoms with Gasteiger partial charge in [-0.1, -0.05) is 13.8 Å². The van der Waals surface area contributed by atoms with E-state index in [9.17, 15) is 5.11 Å². The Bertz CT molecular complexity index is 278. The SMILES string of the molecule is CCC1CN(CCCC(CC)(CO)NC2CC2)CCO1. The zero-order valence-electron chi connectivity index (χ0n) is 13.2. The fraction of sp³-hybridized carbons (Fsp3) is 1.00. The van der Waals surface area contributed by atoms with E-state index in [0.717, 1.165) is 51.9 Å². The van der Waals surface area contributed by atoms with Crippen molar-refractivity contribution in [3.63, 3.8) is 0 Å². The lowest BCUT2D eigenvalue weighted by atomic mass is 9.90. The number of nitrogens with one attached hydrogen (secondary N) is 1. The molecule has 0 spiro atoms. The third kappa shape index (κ3) is 4.69. The van der Waals surface area contributed by atoms with Gasteiger partial charge in [-0.15, -0.1) is 0 Å². The number of rotatable bonds is 9. The summed E-state index contributed by atoms with van der Waals surface area (Å²) >= 11 is 0. The molecule has 20 heavy (non-hydrogen) atoms. The molecule has 1 aliphatic heterocycles. The van der Waals surface area contributed by atoms with Crippen LogP contribution in [0.25, 0.3) is 0 Å². The normalized spacial score (nSPS) is 27.4. The second-order valence-corrected chi connectivity index (χ2v) is 6.52.